The summed E-state index contributed by atoms with van der Waals surface area (Å²) in [4.78, 5) is 0. The lowest BCUT2D eigenvalue weighted by molar-refractivity contribution is 0.515. The summed E-state index contributed by atoms with van der Waals surface area (Å²) in [7, 11) is -3.09. The third-order valence-electron chi connectivity index (χ3n) is 4.10. The van der Waals surface area contributed by atoms with Crippen molar-refractivity contribution in [2.24, 2.45) is 0 Å². The van der Waals surface area contributed by atoms with Crippen molar-refractivity contribution in [2.75, 3.05) is 5.75 Å². The Bertz CT molecular complexity index is 613. The van der Waals surface area contributed by atoms with Gasteiger partial charge in [0, 0.05) is 0 Å². The SMILES string of the molecule is CC(C)S(=O)(=O)CCC1(C#N)CCc2ccccc21. The summed E-state index contributed by atoms with van der Waals surface area (Å²) in [5.41, 5.74) is 1.60. The zero-order chi connectivity index (χ0) is 14.1. The molecule has 0 heterocycles. The maximum Gasteiger partial charge on any atom is 0.152 e. The minimum atomic E-state index is -3.09. The van der Waals surface area contributed by atoms with Crippen LogP contribution in [0.15, 0.2) is 24.3 Å². The summed E-state index contributed by atoms with van der Waals surface area (Å²) < 4.78 is 23.9. The van der Waals surface area contributed by atoms with Crippen molar-refractivity contribution in [2.45, 2.75) is 43.8 Å². The van der Waals surface area contributed by atoms with Gasteiger partial charge in [-0.25, -0.2) is 8.42 Å². The Morgan fingerprint density at radius 1 is 1.37 bits per heavy atom. The number of fused-ring (bicyclic) bond motifs is 1. The van der Waals surface area contributed by atoms with Crippen molar-refractivity contribution in [3.8, 4) is 6.07 Å². The number of nitrogens with zero attached hydrogens (tertiary/aromatic N) is 1. The van der Waals surface area contributed by atoms with Crippen molar-refractivity contribution in [1.29, 1.82) is 5.26 Å². The molecule has 19 heavy (non-hydrogen) atoms. The van der Waals surface area contributed by atoms with Gasteiger partial charge in [-0.2, -0.15) is 5.26 Å². The Kier molecular flexibility index (Phi) is 3.69. The topological polar surface area (TPSA) is 57.9 Å². The molecule has 1 atom stereocenters. The fourth-order valence-electron chi connectivity index (χ4n) is 2.67. The number of hydrogen-bond donors (Lipinski definition) is 0. The highest BCUT2D eigenvalue weighted by Gasteiger charge is 2.39. The van der Waals surface area contributed by atoms with E-state index in [1.165, 1.54) is 5.56 Å². The summed E-state index contributed by atoms with van der Waals surface area (Å²) >= 11 is 0. The lowest BCUT2D eigenvalue weighted by Crippen LogP contribution is -2.27. The summed E-state index contributed by atoms with van der Waals surface area (Å²) in [5, 5.41) is 9.18. The largest absolute Gasteiger partial charge is 0.229 e. The van der Waals surface area contributed by atoms with Gasteiger partial charge in [0.05, 0.1) is 22.5 Å². The molecule has 0 aliphatic heterocycles. The molecule has 1 aliphatic carbocycles. The van der Waals surface area contributed by atoms with Crippen LogP contribution >= 0.6 is 0 Å². The monoisotopic (exact) mass is 277 g/mol. The molecule has 102 valence electrons. The fraction of sp³-hybridized carbons (Fsp3) is 0.533. The minimum Gasteiger partial charge on any atom is -0.229 e. The first-order chi connectivity index (χ1) is 8.91. The Balaban J connectivity index is 2.26. The first-order valence-corrected chi connectivity index (χ1v) is 8.34. The second-order valence-corrected chi connectivity index (χ2v) is 8.19. The van der Waals surface area contributed by atoms with Gasteiger partial charge in [0.15, 0.2) is 9.84 Å². The van der Waals surface area contributed by atoms with Crippen LogP contribution in [0, 0.1) is 11.3 Å². The van der Waals surface area contributed by atoms with Crippen molar-refractivity contribution in [3.05, 3.63) is 35.4 Å². The van der Waals surface area contributed by atoms with Crippen LogP contribution in [0.3, 0.4) is 0 Å². The number of rotatable bonds is 4. The van der Waals surface area contributed by atoms with E-state index in [1.54, 1.807) is 13.8 Å². The predicted octanol–water partition coefficient (Wildman–Crippen LogP) is 2.61. The molecule has 0 aromatic heterocycles. The molecule has 3 nitrogen and oxygen atoms in total. The van der Waals surface area contributed by atoms with Gasteiger partial charge >= 0.3 is 0 Å². The van der Waals surface area contributed by atoms with E-state index in [-0.39, 0.29) is 11.0 Å². The van der Waals surface area contributed by atoms with Crippen molar-refractivity contribution in [1.82, 2.24) is 0 Å². The van der Waals surface area contributed by atoms with E-state index in [9.17, 15) is 13.7 Å². The van der Waals surface area contributed by atoms with Gasteiger partial charge in [-0.05, 0) is 44.2 Å². The average molecular weight is 277 g/mol. The van der Waals surface area contributed by atoms with Crippen LogP contribution in [0.1, 0.15) is 37.8 Å². The van der Waals surface area contributed by atoms with E-state index >= 15 is 0 Å². The standard InChI is InChI=1S/C15H19NO2S/c1-12(2)19(17,18)10-9-15(11-16)8-7-13-5-3-4-6-14(13)15/h3-6,12H,7-10H2,1-2H3. The quantitative estimate of drug-likeness (QED) is 0.850. The van der Waals surface area contributed by atoms with E-state index in [4.69, 9.17) is 0 Å². The number of aryl methyl sites for hydroxylation is 1. The maximum atomic E-state index is 11.9. The molecular formula is C15H19NO2S. The smallest absolute Gasteiger partial charge is 0.152 e. The second-order valence-electron chi connectivity index (χ2n) is 5.52. The molecule has 0 saturated heterocycles. The number of sulfone groups is 1. The number of hydrogen-bond acceptors (Lipinski definition) is 3. The third-order valence-corrected chi connectivity index (χ3v) is 6.31. The van der Waals surface area contributed by atoms with Gasteiger partial charge in [-0.15, -0.1) is 0 Å². The van der Waals surface area contributed by atoms with Crippen LogP contribution in [-0.4, -0.2) is 19.4 Å². The molecule has 1 unspecified atom stereocenters. The molecule has 0 radical (unpaired) electrons. The van der Waals surface area contributed by atoms with Crippen molar-refractivity contribution >= 4 is 9.84 Å². The first kappa shape index (κ1) is 14.1. The number of benzene rings is 1. The van der Waals surface area contributed by atoms with Crippen molar-refractivity contribution < 1.29 is 8.42 Å². The van der Waals surface area contributed by atoms with Gasteiger partial charge in [0.1, 0.15) is 0 Å². The summed E-state index contributed by atoms with van der Waals surface area (Å²) in [6.45, 7) is 3.38. The van der Waals surface area contributed by atoms with Crippen LogP contribution in [0.4, 0.5) is 0 Å². The second kappa shape index (κ2) is 4.97. The average Bonchev–Trinajstić information content (AvgIpc) is 2.76. The molecule has 0 spiro atoms. The van der Waals surface area contributed by atoms with E-state index in [1.807, 2.05) is 24.3 Å². The molecule has 2 rings (SSSR count). The van der Waals surface area contributed by atoms with Gasteiger partial charge in [0.2, 0.25) is 0 Å². The lowest BCUT2D eigenvalue weighted by atomic mass is 9.81. The Morgan fingerprint density at radius 2 is 2.05 bits per heavy atom. The lowest BCUT2D eigenvalue weighted by Gasteiger charge is -2.22. The highest BCUT2D eigenvalue weighted by molar-refractivity contribution is 7.91. The molecule has 0 bridgehead atoms. The molecule has 1 aliphatic rings. The van der Waals surface area contributed by atoms with Gasteiger partial charge < -0.3 is 0 Å². The zero-order valence-corrected chi connectivity index (χ0v) is 12.2. The van der Waals surface area contributed by atoms with E-state index < -0.39 is 15.3 Å². The summed E-state index contributed by atoms with van der Waals surface area (Å²) in [5.74, 6) is 0.0898. The van der Waals surface area contributed by atoms with Crippen LogP contribution in [0.5, 0.6) is 0 Å². The molecule has 4 heteroatoms. The van der Waals surface area contributed by atoms with E-state index in [0.29, 0.717) is 6.42 Å². The Hall–Kier alpha value is -1.34. The zero-order valence-electron chi connectivity index (χ0n) is 11.4. The minimum absolute atomic E-state index is 0.0898. The molecule has 0 amide bonds. The molecule has 1 aromatic carbocycles. The van der Waals surface area contributed by atoms with Gasteiger partial charge in [-0.1, -0.05) is 24.3 Å². The molecule has 1 aromatic rings. The van der Waals surface area contributed by atoms with Crippen molar-refractivity contribution in [3.63, 3.8) is 0 Å². The maximum absolute atomic E-state index is 11.9. The van der Waals surface area contributed by atoms with E-state index in [0.717, 1.165) is 18.4 Å². The van der Waals surface area contributed by atoms with Crippen LogP contribution in [0.25, 0.3) is 0 Å². The highest BCUT2D eigenvalue weighted by Crippen LogP contribution is 2.41. The third kappa shape index (κ3) is 2.52. The molecule has 0 N–H and O–H groups in total. The Morgan fingerprint density at radius 3 is 2.68 bits per heavy atom. The highest BCUT2D eigenvalue weighted by atomic mass is 32.2. The summed E-state index contributed by atoms with van der Waals surface area (Å²) in [6.07, 6.45) is 2.00. The van der Waals surface area contributed by atoms with Crippen LogP contribution in [0.2, 0.25) is 0 Å². The normalized spacial score (nSPS) is 22.2. The Labute approximate surface area is 115 Å². The van der Waals surface area contributed by atoms with E-state index in [2.05, 4.69) is 6.07 Å². The van der Waals surface area contributed by atoms with Crippen LogP contribution in [-0.2, 0) is 21.7 Å². The fourth-order valence-corrected chi connectivity index (χ4v) is 3.78. The van der Waals surface area contributed by atoms with Gasteiger partial charge in [-0.3, -0.25) is 0 Å². The first-order valence-electron chi connectivity index (χ1n) is 6.62. The summed E-state index contributed by atoms with van der Waals surface area (Å²) in [6, 6.07) is 10.3. The molecule has 0 fully saturated rings. The predicted molar refractivity (Wildman–Crippen MR) is 75.6 cm³/mol. The van der Waals surface area contributed by atoms with Crippen LogP contribution < -0.4 is 0 Å². The number of nitriles is 1. The van der Waals surface area contributed by atoms with Gasteiger partial charge in [0.25, 0.3) is 0 Å². The molecular weight excluding hydrogens is 258 g/mol. The molecule has 0 saturated carbocycles.